The van der Waals surface area contributed by atoms with Gasteiger partial charge in [0.1, 0.15) is 5.01 Å². The molecule has 0 aliphatic heterocycles. The molecule has 2 heterocycles. The third-order valence-electron chi connectivity index (χ3n) is 4.00. The molecule has 130 valence electrons. The summed E-state index contributed by atoms with van der Waals surface area (Å²) in [4.78, 5) is 13.3. The van der Waals surface area contributed by atoms with Crippen molar-refractivity contribution in [3.05, 3.63) is 64.4 Å². The summed E-state index contributed by atoms with van der Waals surface area (Å²) in [5, 5.41) is 16.8. The van der Waals surface area contributed by atoms with E-state index >= 15 is 0 Å². The summed E-state index contributed by atoms with van der Waals surface area (Å²) in [6.07, 6.45) is 0. The Kier molecular flexibility index (Phi) is 4.18. The van der Waals surface area contributed by atoms with E-state index in [0.717, 1.165) is 32.6 Å². The first-order valence-corrected chi connectivity index (χ1v) is 9.08. The standard InChI is InChI=1S/C18H14ClN5OS/c1-10-7-8-12(17-23-24-11(2)21-22-18(24)26-17)9-15(10)20-16(25)13-5-3-4-6-14(13)19/h3-9H,1-2H3,(H,20,25). The number of carbonyl (C=O) groups excluding carboxylic acids is 1. The molecule has 0 saturated carbocycles. The van der Waals surface area contributed by atoms with Crippen LogP contribution in [0.15, 0.2) is 42.5 Å². The summed E-state index contributed by atoms with van der Waals surface area (Å²) in [6, 6.07) is 12.8. The predicted molar refractivity (Wildman–Crippen MR) is 103 cm³/mol. The first-order valence-electron chi connectivity index (χ1n) is 7.88. The number of rotatable bonds is 3. The fraction of sp³-hybridized carbons (Fsp3) is 0.111. The van der Waals surface area contributed by atoms with Gasteiger partial charge >= 0.3 is 0 Å². The minimum absolute atomic E-state index is 0.246. The molecule has 0 unspecified atom stereocenters. The lowest BCUT2D eigenvalue weighted by atomic mass is 10.1. The van der Waals surface area contributed by atoms with Gasteiger partial charge in [0.05, 0.1) is 10.6 Å². The number of hydrogen-bond donors (Lipinski definition) is 1. The van der Waals surface area contributed by atoms with E-state index in [9.17, 15) is 4.79 Å². The second-order valence-electron chi connectivity index (χ2n) is 5.81. The molecule has 6 nitrogen and oxygen atoms in total. The zero-order valence-electron chi connectivity index (χ0n) is 14.0. The maximum absolute atomic E-state index is 12.5. The number of amides is 1. The van der Waals surface area contributed by atoms with Crippen molar-refractivity contribution >= 4 is 39.5 Å². The first kappa shape index (κ1) is 16.7. The van der Waals surface area contributed by atoms with Gasteiger partial charge in [0.2, 0.25) is 4.96 Å². The first-order chi connectivity index (χ1) is 12.5. The number of nitrogens with zero attached hydrogens (tertiary/aromatic N) is 4. The van der Waals surface area contributed by atoms with Crippen LogP contribution in [0.1, 0.15) is 21.7 Å². The zero-order valence-corrected chi connectivity index (χ0v) is 15.6. The Morgan fingerprint density at radius 3 is 2.73 bits per heavy atom. The van der Waals surface area contributed by atoms with Gasteiger partial charge in [-0.15, -0.1) is 10.2 Å². The van der Waals surface area contributed by atoms with E-state index in [-0.39, 0.29) is 5.91 Å². The van der Waals surface area contributed by atoms with Crippen LogP contribution in [0.25, 0.3) is 15.5 Å². The fourth-order valence-electron chi connectivity index (χ4n) is 2.56. The van der Waals surface area contributed by atoms with Crippen LogP contribution in [0.5, 0.6) is 0 Å². The molecule has 4 aromatic rings. The maximum atomic E-state index is 12.5. The molecule has 0 bridgehead atoms. The number of hydrogen-bond acceptors (Lipinski definition) is 5. The van der Waals surface area contributed by atoms with Gasteiger partial charge in [-0.2, -0.15) is 9.61 Å². The molecule has 0 saturated heterocycles. The Labute approximate surface area is 158 Å². The normalized spacial score (nSPS) is 11.0. The molecular weight excluding hydrogens is 370 g/mol. The highest BCUT2D eigenvalue weighted by Crippen LogP contribution is 2.29. The largest absolute Gasteiger partial charge is 0.322 e. The molecule has 26 heavy (non-hydrogen) atoms. The van der Waals surface area contributed by atoms with Crippen molar-refractivity contribution in [1.82, 2.24) is 19.8 Å². The van der Waals surface area contributed by atoms with Gasteiger partial charge in [0, 0.05) is 11.3 Å². The number of aromatic nitrogens is 4. The van der Waals surface area contributed by atoms with Gasteiger partial charge in [-0.1, -0.05) is 47.2 Å². The zero-order chi connectivity index (χ0) is 18.3. The molecule has 0 radical (unpaired) electrons. The third kappa shape index (κ3) is 2.95. The van der Waals surface area contributed by atoms with E-state index in [2.05, 4.69) is 20.6 Å². The predicted octanol–water partition coefficient (Wildman–Crippen LogP) is 4.38. The summed E-state index contributed by atoms with van der Waals surface area (Å²) in [7, 11) is 0. The van der Waals surface area contributed by atoms with Crippen molar-refractivity contribution in [1.29, 1.82) is 0 Å². The molecule has 1 amide bonds. The minimum Gasteiger partial charge on any atom is -0.322 e. The Hall–Kier alpha value is -2.77. The number of carbonyl (C=O) groups is 1. The third-order valence-corrected chi connectivity index (χ3v) is 5.28. The van der Waals surface area contributed by atoms with Crippen LogP contribution in [0.3, 0.4) is 0 Å². The molecule has 0 fully saturated rings. The molecule has 2 aromatic carbocycles. The number of anilines is 1. The van der Waals surface area contributed by atoms with Gasteiger partial charge in [-0.25, -0.2) is 0 Å². The van der Waals surface area contributed by atoms with E-state index in [4.69, 9.17) is 11.6 Å². The van der Waals surface area contributed by atoms with Crippen molar-refractivity contribution < 1.29 is 4.79 Å². The van der Waals surface area contributed by atoms with Gasteiger partial charge in [0.15, 0.2) is 5.82 Å². The van der Waals surface area contributed by atoms with Crippen molar-refractivity contribution in [2.24, 2.45) is 0 Å². The highest BCUT2D eigenvalue weighted by atomic mass is 35.5. The Balaban J connectivity index is 1.68. The number of nitrogens with one attached hydrogen (secondary N) is 1. The van der Waals surface area contributed by atoms with Crippen molar-refractivity contribution in [3.63, 3.8) is 0 Å². The van der Waals surface area contributed by atoms with Crippen LogP contribution < -0.4 is 5.32 Å². The number of fused-ring (bicyclic) bond motifs is 1. The monoisotopic (exact) mass is 383 g/mol. The summed E-state index contributed by atoms with van der Waals surface area (Å²) >= 11 is 7.56. The lowest BCUT2D eigenvalue weighted by molar-refractivity contribution is 0.102. The second kappa shape index (κ2) is 6.51. The highest BCUT2D eigenvalue weighted by Gasteiger charge is 2.14. The molecule has 0 spiro atoms. The summed E-state index contributed by atoms with van der Waals surface area (Å²) < 4.78 is 1.71. The number of benzene rings is 2. The van der Waals surface area contributed by atoms with E-state index in [1.54, 1.807) is 28.8 Å². The fourth-order valence-corrected chi connectivity index (χ4v) is 3.66. The van der Waals surface area contributed by atoms with Gasteiger partial charge in [0.25, 0.3) is 5.91 Å². The van der Waals surface area contributed by atoms with Crippen molar-refractivity contribution in [2.45, 2.75) is 13.8 Å². The number of aryl methyl sites for hydroxylation is 2. The summed E-state index contributed by atoms with van der Waals surface area (Å²) in [5.41, 5.74) is 3.01. The second-order valence-corrected chi connectivity index (χ2v) is 7.18. The topological polar surface area (TPSA) is 72.2 Å². The van der Waals surface area contributed by atoms with Crippen LogP contribution in [0.4, 0.5) is 5.69 Å². The lowest BCUT2D eigenvalue weighted by Crippen LogP contribution is -2.13. The molecule has 1 N–H and O–H groups in total. The Bertz CT molecular complexity index is 1130. The highest BCUT2D eigenvalue weighted by molar-refractivity contribution is 7.19. The molecule has 4 rings (SSSR count). The SMILES string of the molecule is Cc1ccc(-c2nn3c(C)nnc3s2)cc1NC(=O)c1ccccc1Cl. The summed E-state index contributed by atoms with van der Waals surface area (Å²) in [6.45, 7) is 3.79. The van der Waals surface area contributed by atoms with Crippen LogP contribution >= 0.6 is 22.9 Å². The molecule has 0 aliphatic rings. The van der Waals surface area contributed by atoms with Gasteiger partial charge in [-0.3, -0.25) is 4.79 Å². The van der Waals surface area contributed by atoms with Crippen LogP contribution in [0.2, 0.25) is 5.02 Å². The lowest BCUT2D eigenvalue weighted by Gasteiger charge is -2.10. The summed E-state index contributed by atoms with van der Waals surface area (Å²) in [5.74, 6) is 0.492. The van der Waals surface area contributed by atoms with Crippen LogP contribution in [-0.4, -0.2) is 25.7 Å². The molecule has 0 aliphatic carbocycles. The molecule has 0 atom stereocenters. The van der Waals surface area contributed by atoms with Crippen molar-refractivity contribution in [3.8, 4) is 10.6 Å². The van der Waals surface area contributed by atoms with Crippen LogP contribution in [0, 0.1) is 13.8 Å². The smallest absolute Gasteiger partial charge is 0.257 e. The molecular formula is C18H14ClN5OS. The minimum atomic E-state index is -0.246. The Morgan fingerprint density at radius 1 is 1.15 bits per heavy atom. The van der Waals surface area contributed by atoms with E-state index in [0.29, 0.717) is 10.6 Å². The average molecular weight is 384 g/mol. The number of halogens is 1. The van der Waals surface area contributed by atoms with Crippen molar-refractivity contribution in [2.75, 3.05) is 5.32 Å². The van der Waals surface area contributed by atoms with Gasteiger partial charge in [-0.05, 0) is 37.6 Å². The molecule has 2 aromatic heterocycles. The quantitative estimate of drug-likeness (QED) is 0.570. The van der Waals surface area contributed by atoms with E-state index < -0.39 is 0 Å². The molecule has 8 heteroatoms. The van der Waals surface area contributed by atoms with E-state index in [1.165, 1.54) is 11.3 Å². The maximum Gasteiger partial charge on any atom is 0.257 e. The van der Waals surface area contributed by atoms with Crippen LogP contribution in [-0.2, 0) is 0 Å². The van der Waals surface area contributed by atoms with E-state index in [1.807, 2.05) is 32.0 Å². The van der Waals surface area contributed by atoms with Gasteiger partial charge < -0.3 is 5.32 Å². The average Bonchev–Trinajstić information content (AvgIpc) is 3.19. The Morgan fingerprint density at radius 2 is 1.96 bits per heavy atom.